The second-order valence-electron chi connectivity index (χ2n) is 8.26. The fraction of sp³-hybridized carbons (Fsp3) is 0.684. The topological polar surface area (TPSA) is 49.4 Å². The standard InChI is InChI=1S/C19H26N2O2S/c1-21(11-13-2-3-24-12-13)17(22)10-20-18(23)19-7-14-4-15(8-19)6-16(5-14)9-19/h2-3,12,14-16H,4-11H2,1H3,(H,20,23). The van der Waals surface area contributed by atoms with Gasteiger partial charge in [-0.1, -0.05) is 0 Å². The first-order chi connectivity index (χ1) is 11.5. The fourth-order valence-electron chi connectivity index (χ4n) is 5.61. The molecule has 0 saturated heterocycles. The van der Waals surface area contributed by atoms with E-state index in [1.54, 1.807) is 23.3 Å². The third-order valence-electron chi connectivity index (χ3n) is 6.35. The van der Waals surface area contributed by atoms with Gasteiger partial charge < -0.3 is 10.2 Å². The first-order valence-corrected chi connectivity index (χ1v) is 10.0. The number of nitrogens with zero attached hydrogens (tertiary/aromatic N) is 1. The van der Waals surface area contributed by atoms with E-state index in [9.17, 15) is 9.59 Å². The SMILES string of the molecule is CN(Cc1ccsc1)C(=O)CNC(=O)C12CC3CC(CC(C3)C1)C2. The lowest BCUT2D eigenvalue weighted by Crippen LogP contribution is -2.54. The predicted molar refractivity (Wildman–Crippen MR) is 94.4 cm³/mol. The molecule has 0 atom stereocenters. The molecule has 0 spiro atoms. The van der Waals surface area contributed by atoms with Crippen LogP contribution in [-0.2, 0) is 16.1 Å². The minimum Gasteiger partial charge on any atom is -0.347 e. The fourth-order valence-corrected chi connectivity index (χ4v) is 6.27. The van der Waals surface area contributed by atoms with Gasteiger partial charge in [-0.05, 0) is 78.7 Å². The molecule has 5 heteroatoms. The highest BCUT2D eigenvalue weighted by molar-refractivity contribution is 7.07. The Balaban J connectivity index is 1.32. The molecular weight excluding hydrogens is 320 g/mol. The van der Waals surface area contributed by atoms with Crippen LogP contribution in [0.15, 0.2) is 16.8 Å². The summed E-state index contributed by atoms with van der Waals surface area (Å²) in [7, 11) is 1.80. The van der Waals surface area contributed by atoms with Gasteiger partial charge in [0.05, 0.1) is 6.54 Å². The quantitative estimate of drug-likeness (QED) is 0.891. The number of hydrogen-bond acceptors (Lipinski definition) is 3. The Labute approximate surface area is 147 Å². The van der Waals surface area contributed by atoms with Crippen molar-refractivity contribution in [2.45, 2.75) is 45.1 Å². The lowest BCUT2D eigenvalue weighted by atomic mass is 9.49. The number of nitrogens with one attached hydrogen (secondary N) is 1. The van der Waals surface area contributed by atoms with Gasteiger partial charge in [-0.3, -0.25) is 9.59 Å². The van der Waals surface area contributed by atoms with Gasteiger partial charge in [0, 0.05) is 19.0 Å². The zero-order chi connectivity index (χ0) is 16.7. The highest BCUT2D eigenvalue weighted by Crippen LogP contribution is 2.60. The molecule has 5 rings (SSSR count). The van der Waals surface area contributed by atoms with E-state index < -0.39 is 0 Å². The molecule has 4 aliphatic rings. The van der Waals surface area contributed by atoms with Crippen LogP contribution in [0.1, 0.15) is 44.1 Å². The number of carbonyl (C=O) groups excluding carboxylic acids is 2. The largest absolute Gasteiger partial charge is 0.347 e. The number of hydrogen-bond donors (Lipinski definition) is 1. The van der Waals surface area contributed by atoms with Crippen LogP contribution in [0.3, 0.4) is 0 Å². The molecule has 4 fully saturated rings. The molecule has 0 radical (unpaired) electrons. The predicted octanol–water partition coefficient (Wildman–Crippen LogP) is 3.04. The van der Waals surface area contributed by atoms with Crippen LogP contribution in [0.5, 0.6) is 0 Å². The molecule has 0 unspecified atom stereocenters. The third kappa shape index (κ3) is 2.99. The zero-order valence-corrected chi connectivity index (χ0v) is 15.1. The van der Waals surface area contributed by atoms with Crippen LogP contribution in [0.4, 0.5) is 0 Å². The van der Waals surface area contributed by atoms with Crippen molar-refractivity contribution in [2.24, 2.45) is 23.2 Å². The van der Waals surface area contributed by atoms with Gasteiger partial charge in [-0.25, -0.2) is 0 Å². The van der Waals surface area contributed by atoms with Crippen LogP contribution >= 0.6 is 11.3 Å². The maximum Gasteiger partial charge on any atom is 0.242 e. The summed E-state index contributed by atoms with van der Waals surface area (Å²) in [5.41, 5.74) is 0.976. The van der Waals surface area contributed by atoms with E-state index in [0.29, 0.717) is 6.54 Å². The molecule has 4 saturated carbocycles. The van der Waals surface area contributed by atoms with Gasteiger partial charge in [0.1, 0.15) is 0 Å². The molecule has 24 heavy (non-hydrogen) atoms. The first-order valence-electron chi connectivity index (χ1n) is 9.07. The molecule has 1 aromatic rings. The number of amides is 2. The summed E-state index contributed by atoms with van der Waals surface area (Å²) in [6.45, 7) is 0.733. The molecule has 4 nitrogen and oxygen atoms in total. The summed E-state index contributed by atoms with van der Waals surface area (Å²) in [6.07, 6.45) is 7.12. The average Bonchev–Trinajstić information content (AvgIpc) is 3.03. The number of likely N-dealkylation sites (N-methyl/N-ethyl adjacent to an activating group) is 1. The summed E-state index contributed by atoms with van der Waals surface area (Å²) in [5, 5.41) is 7.04. The Morgan fingerprint density at radius 2 is 1.83 bits per heavy atom. The van der Waals surface area contributed by atoms with Crippen molar-refractivity contribution in [1.29, 1.82) is 0 Å². The monoisotopic (exact) mass is 346 g/mol. The normalized spacial score (nSPS) is 33.5. The van der Waals surface area contributed by atoms with Crippen molar-refractivity contribution in [3.8, 4) is 0 Å². The minimum absolute atomic E-state index is 0.0146. The van der Waals surface area contributed by atoms with Gasteiger partial charge in [-0.2, -0.15) is 11.3 Å². The Morgan fingerprint density at radius 3 is 2.38 bits per heavy atom. The molecule has 4 aliphatic carbocycles. The highest BCUT2D eigenvalue weighted by atomic mass is 32.1. The Hall–Kier alpha value is -1.36. The van der Waals surface area contributed by atoms with E-state index in [1.807, 2.05) is 11.4 Å². The van der Waals surface area contributed by atoms with E-state index in [0.717, 1.165) is 42.6 Å². The summed E-state index contributed by atoms with van der Waals surface area (Å²) in [6, 6.07) is 2.03. The molecule has 4 bridgehead atoms. The Morgan fingerprint density at radius 1 is 1.21 bits per heavy atom. The molecule has 0 aliphatic heterocycles. The highest BCUT2D eigenvalue weighted by Gasteiger charge is 2.54. The van der Waals surface area contributed by atoms with Gasteiger partial charge in [0.2, 0.25) is 11.8 Å². The van der Waals surface area contributed by atoms with Crippen LogP contribution in [-0.4, -0.2) is 30.3 Å². The third-order valence-corrected chi connectivity index (χ3v) is 7.08. The zero-order valence-electron chi connectivity index (χ0n) is 14.3. The molecule has 130 valence electrons. The van der Waals surface area contributed by atoms with Gasteiger partial charge in [0.15, 0.2) is 0 Å². The van der Waals surface area contributed by atoms with E-state index in [2.05, 4.69) is 10.7 Å². The number of thiophene rings is 1. The van der Waals surface area contributed by atoms with Crippen LogP contribution in [0, 0.1) is 23.2 Å². The van der Waals surface area contributed by atoms with Crippen molar-refractivity contribution in [1.82, 2.24) is 10.2 Å². The minimum atomic E-state index is -0.166. The molecule has 1 heterocycles. The van der Waals surface area contributed by atoms with Gasteiger partial charge in [0.25, 0.3) is 0 Å². The second kappa shape index (κ2) is 6.17. The molecule has 1 N–H and O–H groups in total. The van der Waals surface area contributed by atoms with Gasteiger partial charge in [-0.15, -0.1) is 0 Å². The van der Waals surface area contributed by atoms with E-state index in [4.69, 9.17) is 0 Å². The van der Waals surface area contributed by atoms with Crippen molar-refractivity contribution in [2.75, 3.05) is 13.6 Å². The molecular formula is C19H26N2O2S. The number of carbonyl (C=O) groups is 2. The van der Waals surface area contributed by atoms with E-state index in [-0.39, 0.29) is 23.8 Å². The van der Waals surface area contributed by atoms with Crippen LogP contribution in [0.2, 0.25) is 0 Å². The summed E-state index contributed by atoms with van der Waals surface area (Å²) < 4.78 is 0. The van der Waals surface area contributed by atoms with Crippen LogP contribution in [0.25, 0.3) is 0 Å². The second-order valence-corrected chi connectivity index (χ2v) is 9.04. The molecule has 1 aromatic heterocycles. The van der Waals surface area contributed by atoms with Crippen LogP contribution < -0.4 is 5.32 Å². The lowest BCUT2D eigenvalue weighted by Gasteiger charge is -2.55. The Kier molecular flexibility index (Phi) is 4.15. The van der Waals surface area contributed by atoms with Crippen molar-refractivity contribution < 1.29 is 9.59 Å². The summed E-state index contributed by atoms with van der Waals surface area (Å²) in [5.74, 6) is 2.37. The van der Waals surface area contributed by atoms with E-state index >= 15 is 0 Å². The van der Waals surface area contributed by atoms with Crippen molar-refractivity contribution in [3.63, 3.8) is 0 Å². The maximum absolute atomic E-state index is 12.9. The summed E-state index contributed by atoms with van der Waals surface area (Å²) >= 11 is 1.64. The Bertz CT molecular complexity index is 590. The molecule has 0 aromatic carbocycles. The van der Waals surface area contributed by atoms with E-state index in [1.165, 1.54) is 19.3 Å². The maximum atomic E-state index is 12.9. The van der Waals surface area contributed by atoms with Gasteiger partial charge >= 0.3 is 0 Å². The average molecular weight is 346 g/mol. The first kappa shape index (κ1) is 16.1. The summed E-state index contributed by atoms with van der Waals surface area (Å²) in [4.78, 5) is 26.9. The van der Waals surface area contributed by atoms with Crippen molar-refractivity contribution >= 4 is 23.2 Å². The molecule has 2 amide bonds. The van der Waals surface area contributed by atoms with Crippen molar-refractivity contribution in [3.05, 3.63) is 22.4 Å². The smallest absolute Gasteiger partial charge is 0.242 e. The number of rotatable bonds is 5. The lowest BCUT2D eigenvalue weighted by molar-refractivity contribution is -0.147.